The fraction of sp³-hybridized carbons (Fsp3) is 0.667. The van der Waals surface area contributed by atoms with Crippen molar-refractivity contribution < 1.29 is 4.79 Å². The second-order valence-electron chi connectivity index (χ2n) is 7.37. The lowest BCUT2D eigenvalue weighted by Gasteiger charge is -2.34. The SMILES string of the molecule is Cc1cc(=O)nc2sc(N3CCN(C(=O)CCC4CCCC4)CC3)nn12. The number of hydrogen-bond donors (Lipinski definition) is 0. The molecule has 0 bridgehead atoms. The molecular formula is C18H25N5O2S. The summed E-state index contributed by atoms with van der Waals surface area (Å²) < 4.78 is 1.72. The smallest absolute Gasteiger partial charge is 0.274 e. The van der Waals surface area contributed by atoms with Crippen LogP contribution in [-0.4, -0.2) is 51.6 Å². The van der Waals surface area contributed by atoms with Crippen LogP contribution in [0.1, 0.15) is 44.2 Å². The molecular weight excluding hydrogens is 350 g/mol. The minimum atomic E-state index is -0.227. The molecule has 4 rings (SSSR count). The molecule has 8 heteroatoms. The summed E-state index contributed by atoms with van der Waals surface area (Å²) in [6, 6.07) is 1.50. The standard InChI is InChI=1S/C18H25N5O2S/c1-13-12-15(24)19-17-23(13)20-18(26-17)22-10-8-21(9-11-22)16(25)7-6-14-4-2-3-5-14/h12,14H,2-11H2,1H3. The van der Waals surface area contributed by atoms with Crippen molar-refractivity contribution in [2.75, 3.05) is 31.1 Å². The molecule has 1 aliphatic heterocycles. The molecule has 0 spiro atoms. The Hall–Kier alpha value is -1.96. The van der Waals surface area contributed by atoms with Crippen molar-refractivity contribution in [2.24, 2.45) is 5.92 Å². The van der Waals surface area contributed by atoms with Crippen LogP contribution in [0, 0.1) is 12.8 Å². The third-order valence-corrected chi connectivity index (χ3v) is 6.53. The average Bonchev–Trinajstić information content (AvgIpc) is 3.29. The minimum Gasteiger partial charge on any atom is -0.343 e. The van der Waals surface area contributed by atoms with Crippen molar-refractivity contribution in [3.63, 3.8) is 0 Å². The van der Waals surface area contributed by atoms with E-state index in [1.54, 1.807) is 4.52 Å². The highest BCUT2D eigenvalue weighted by Gasteiger charge is 2.24. The van der Waals surface area contributed by atoms with Crippen LogP contribution in [-0.2, 0) is 4.79 Å². The van der Waals surface area contributed by atoms with E-state index in [-0.39, 0.29) is 5.56 Å². The second kappa shape index (κ2) is 7.34. The number of hydrogen-bond acceptors (Lipinski definition) is 6. The first-order chi connectivity index (χ1) is 12.6. The van der Waals surface area contributed by atoms with Crippen molar-refractivity contribution in [2.45, 2.75) is 45.4 Å². The van der Waals surface area contributed by atoms with Gasteiger partial charge in [-0.3, -0.25) is 9.59 Å². The Morgan fingerprint density at radius 3 is 2.69 bits per heavy atom. The Bertz CT molecular complexity index is 847. The van der Waals surface area contributed by atoms with Gasteiger partial charge in [-0.1, -0.05) is 37.0 Å². The molecule has 2 aromatic heterocycles. The number of aromatic nitrogens is 3. The van der Waals surface area contributed by atoms with Gasteiger partial charge in [-0.05, 0) is 19.3 Å². The van der Waals surface area contributed by atoms with E-state index in [2.05, 4.69) is 15.0 Å². The van der Waals surface area contributed by atoms with Gasteiger partial charge in [0.15, 0.2) is 0 Å². The van der Waals surface area contributed by atoms with E-state index in [9.17, 15) is 9.59 Å². The maximum atomic E-state index is 12.5. The topological polar surface area (TPSA) is 70.8 Å². The largest absolute Gasteiger partial charge is 0.343 e. The van der Waals surface area contributed by atoms with Gasteiger partial charge in [0.25, 0.3) is 5.56 Å². The molecule has 1 aliphatic carbocycles. The molecule has 7 nitrogen and oxygen atoms in total. The summed E-state index contributed by atoms with van der Waals surface area (Å²) in [7, 11) is 0. The molecule has 2 aliphatic rings. The zero-order chi connectivity index (χ0) is 18.1. The van der Waals surface area contributed by atoms with Crippen LogP contribution in [0.4, 0.5) is 5.13 Å². The van der Waals surface area contributed by atoms with Crippen LogP contribution in [0.5, 0.6) is 0 Å². The summed E-state index contributed by atoms with van der Waals surface area (Å²) in [4.78, 5) is 32.9. The Morgan fingerprint density at radius 2 is 1.96 bits per heavy atom. The van der Waals surface area contributed by atoms with Crippen LogP contribution in [0.3, 0.4) is 0 Å². The minimum absolute atomic E-state index is 0.227. The quantitative estimate of drug-likeness (QED) is 0.818. The Balaban J connectivity index is 1.35. The van der Waals surface area contributed by atoms with Gasteiger partial charge >= 0.3 is 0 Å². The molecule has 26 heavy (non-hydrogen) atoms. The molecule has 0 aromatic carbocycles. The maximum absolute atomic E-state index is 12.5. The third kappa shape index (κ3) is 3.60. The summed E-state index contributed by atoms with van der Waals surface area (Å²) in [6.07, 6.45) is 7.01. The van der Waals surface area contributed by atoms with Gasteiger partial charge in [-0.15, -0.1) is 5.10 Å². The number of carbonyl (C=O) groups excluding carboxylic acids is 1. The molecule has 1 saturated carbocycles. The highest BCUT2D eigenvalue weighted by molar-refractivity contribution is 7.20. The zero-order valence-electron chi connectivity index (χ0n) is 15.2. The highest BCUT2D eigenvalue weighted by atomic mass is 32.1. The molecule has 2 aromatic rings. The predicted molar refractivity (Wildman–Crippen MR) is 102 cm³/mol. The van der Waals surface area contributed by atoms with Crippen molar-refractivity contribution in [3.8, 4) is 0 Å². The predicted octanol–water partition coefficient (Wildman–Crippen LogP) is 2.08. The fourth-order valence-corrected chi connectivity index (χ4v) is 5.00. The van der Waals surface area contributed by atoms with E-state index in [0.29, 0.717) is 17.3 Å². The van der Waals surface area contributed by atoms with Crippen LogP contribution in [0.15, 0.2) is 10.9 Å². The molecule has 0 N–H and O–H groups in total. The number of piperazine rings is 1. The van der Waals surface area contributed by atoms with E-state index in [4.69, 9.17) is 0 Å². The van der Waals surface area contributed by atoms with Crippen LogP contribution >= 0.6 is 11.3 Å². The fourth-order valence-electron chi connectivity index (χ4n) is 4.00. The number of amides is 1. The van der Waals surface area contributed by atoms with Crippen LogP contribution < -0.4 is 10.5 Å². The lowest BCUT2D eigenvalue weighted by molar-refractivity contribution is -0.131. The Morgan fingerprint density at radius 1 is 1.23 bits per heavy atom. The summed E-state index contributed by atoms with van der Waals surface area (Å²) >= 11 is 1.43. The van der Waals surface area contributed by atoms with Crippen LogP contribution in [0.2, 0.25) is 0 Å². The van der Waals surface area contributed by atoms with Gasteiger partial charge in [-0.25, -0.2) is 4.52 Å². The molecule has 2 fully saturated rings. The first-order valence-corrected chi connectivity index (χ1v) is 10.3. The van der Waals surface area contributed by atoms with Crippen molar-refractivity contribution in [3.05, 3.63) is 22.1 Å². The lowest BCUT2D eigenvalue weighted by atomic mass is 10.0. The maximum Gasteiger partial charge on any atom is 0.274 e. The monoisotopic (exact) mass is 375 g/mol. The van der Waals surface area contributed by atoms with Gasteiger partial charge < -0.3 is 9.80 Å². The van der Waals surface area contributed by atoms with Gasteiger partial charge in [0, 0.05) is 44.4 Å². The second-order valence-corrected chi connectivity index (χ2v) is 8.31. The number of nitrogens with zero attached hydrogens (tertiary/aromatic N) is 5. The first kappa shape index (κ1) is 17.5. The molecule has 0 atom stereocenters. The van der Waals surface area contributed by atoms with E-state index in [0.717, 1.165) is 49.3 Å². The van der Waals surface area contributed by atoms with Crippen LogP contribution in [0.25, 0.3) is 4.96 Å². The third-order valence-electron chi connectivity index (χ3n) is 5.57. The van der Waals surface area contributed by atoms with Crippen molar-refractivity contribution >= 4 is 27.3 Å². The number of carbonyl (C=O) groups is 1. The van der Waals surface area contributed by atoms with Gasteiger partial charge in [0.05, 0.1) is 0 Å². The summed E-state index contributed by atoms with van der Waals surface area (Å²) in [5, 5.41) is 5.46. The van der Waals surface area contributed by atoms with Gasteiger partial charge in [0.1, 0.15) is 0 Å². The van der Waals surface area contributed by atoms with Crippen molar-refractivity contribution in [1.29, 1.82) is 0 Å². The molecule has 0 unspecified atom stereocenters. The Labute approximate surface area is 156 Å². The number of rotatable bonds is 4. The molecule has 1 amide bonds. The highest BCUT2D eigenvalue weighted by Crippen LogP contribution is 2.29. The molecule has 3 heterocycles. The summed E-state index contributed by atoms with van der Waals surface area (Å²) in [5.41, 5.74) is 0.568. The summed E-state index contributed by atoms with van der Waals surface area (Å²) in [6.45, 7) is 4.89. The van der Waals surface area contributed by atoms with E-state index < -0.39 is 0 Å². The average molecular weight is 375 g/mol. The summed E-state index contributed by atoms with van der Waals surface area (Å²) in [5.74, 6) is 1.06. The van der Waals surface area contributed by atoms with E-state index in [1.165, 1.54) is 43.1 Å². The molecule has 1 saturated heterocycles. The normalized spacial score (nSPS) is 18.8. The van der Waals surface area contributed by atoms with E-state index >= 15 is 0 Å². The molecule has 140 valence electrons. The number of aryl methyl sites for hydroxylation is 1. The number of fused-ring (bicyclic) bond motifs is 1. The zero-order valence-corrected chi connectivity index (χ0v) is 16.0. The Kier molecular flexibility index (Phi) is 4.93. The molecule has 0 radical (unpaired) electrons. The van der Waals surface area contributed by atoms with Crippen molar-refractivity contribution in [1.82, 2.24) is 19.5 Å². The number of anilines is 1. The lowest BCUT2D eigenvalue weighted by Crippen LogP contribution is -2.48. The van der Waals surface area contributed by atoms with E-state index in [1.807, 2.05) is 11.8 Å². The van der Waals surface area contributed by atoms with Gasteiger partial charge in [0.2, 0.25) is 16.0 Å². The van der Waals surface area contributed by atoms with Gasteiger partial charge in [-0.2, -0.15) is 4.98 Å². The first-order valence-electron chi connectivity index (χ1n) is 9.50.